The molecule has 2 saturated heterocycles. The van der Waals surface area contributed by atoms with Crippen molar-refractivity contribution in [2.24, 2.45) is 29.6 Å². The first-order chi connectivity index (χ1) is 11.2. The van der Waals surface area contributed by atoms with E-state index < -0.39 is 6.29 Å². The normalized spacial score (nSPS) is 48.3. The van der Waals surface area contributed by atoms with E-state index in [1.165, 1.54) is 57.9 Å². The number of fused-ring (bicyclic) bond motifs is 2. The Hall–Kier alpha value is -0.380. The van der Waals surface area contributed by atoms with Gasteiger partial charge in [0.1, 0.15) is 0 Å². The van der Waals surface area contributed by atoms with E-state index in [2.05, 4.69) is 24.1 Å². The number of hydrogen-bond donors (Lipinski definition) is 1. The molecule has 7 atom stereocenters. The second-order valence-electron chi connectivity index (χ2n) is 8.50. The predicted molar refractivity (Wildman–Crippen MR) is 91.9 cm³/mol. The van der Waals surface area contributed by atoms with Gasteiger partial charge in [-0.25, -0.2) is 0 Å². The van der Waals surface area contributed by atoms with Crippen LogP contribution in [0.5, 0.6) is 0 Å². The minimum Gasteiger partial charge on any atom is -0.368 e. The van der Waals surface area contributed by atoms with Gasteiger partial charge < -0.3 is 9.84 Å². The van der Waals surface area contributed by atoms with E-state index in [0.29, 0.717) is 23.8 Å². The smallest absolute Gasteiger partial charge is 0.157 e. The van der Waals surface area contributed by atoms with E-state index in [9.17, 15) is 5.11 Å². The summed E-state index contributed by atoms with van der Waals surface area (Å²) in [6.45, 7) is 2.00. The van der Waals surface area contributed by atoms with E-state index in [1.807, 2.05) is 0 Å². The average Bonchev–Trinajstić information content (AvgIpc) is 2.94. The van der Waals surface area contributed by atoms with Crippen LogP contribution in [-0.4, -0.2) is 42.5 Å². The van der Waals surface area contributed by atoms with Gasteiger partial charge in [0.25, 0.3) is 0 Å². The molecular formula is C20H33NO2. The number of hydrogen-bond acceptors (Lipinski definition) is 3. The molecule has 2 saturated carbocycles. The molecule has 4 rings (SSSR count). The highest BCUT2D eigenvalue weighted by Crippen LogP contribution is 2.52. The zero-order valence-corrected chi connectivity index (χ0v) is 14.6. The van der Waals surface area contributed by atoms with E-state index in [-0.39, 0.29) is 0 Å². The molecule has 0 aromatic heterocycles. The fourth-order valence-electron chi connectivity index (χ4n) is 5.94. The molecule has 0 aromatic rings. The summed E-state index contributed by atoms with van der Waals surface area (Å²) in [6.07, 6.45) is 15.3. The summed E-state index contributed by atoms with van der Waals surface area (Å²) < 4.78 is 5.66. The van der Waals surface area contributed by atoms with Crippen LogP contribution in [0.15, 0.2) is 12.2 Å². The summed E-state index contributed by atoms with van der Waals surface area (Å²) in [5.74, 6) is 3.22. The van der Waals surface area contributed by atoms with Crippen molar-refractivity contribution in [3.8, 4) is 0 Å². The molecule has 0 radical (unpaired) electrons. The maximum absolute atomic E-state index is 10.2. The number of piperidine rings is 1. The monoisotopic (exact) mass is 319 g/mol. The first kappa shape index (κ1) is 16.1. The molecule has 7 unspecified atom stereocenters. The number of aliphatic hydroxyl groups is 1. The lowest BCUT2D eigenvalue weighted by Crippen LogP contribution is -2.42. The van der Waals surface area contributed by atoms with Gasteiger partial charge in [0.15, 0.2) is 6.29 Å². The molecule has 0 amide bonds. The van der Waals surface area contributed by atoms with Crippen molar-refractivity contribution in [3.63, 3.8) is 0 Å². The van der Waals surface area contributed by atoms with E-state index >= 15 is 0 Å². The fourth-order valence-corrected chi connectivity index (χ4v) is 5.94. The van der Waals surface area contributed by atoms with Crippen molar-refractivity contribution >= 4 is 0 Å². The third kappa shape index (κ3) is 3.12. The van der Waals surface area contributed by atoms with Crippen LogP contribution in [0.3, 0.4) is 0 Å². The SMILES string of the molecule is CN1CCCCC1C=CC1C2CCCCC2CC2C(O)OCC12. The molecule has 2 aliphatic carbocycles. The Morgan fingerprint density at radius 1 is 0.957 bits per heavy atom. The van der Waals surface area contributed by atoms with Crippen LogP contribution >= 0.6 is 0 Å². The molecule has 1 N–H and O–H groups in total. The predicted octanol–water partition coefficient (Wildman–Crippen LogP) is 3.43. The largest absolute Gasteiger partial charge is 0.368 e. The van der Waals surface area contributed by atoms with Crippen molar-refractivity contribution in [3.05, 3.63) is 12.2 Å². The number of aliphatic hydroxyl groups excluding tert-OH is 1. The van der Waals surface area contributed by atoms with Gasteiger partial charge in [0.2, 0.25) is 0 Å². The summed E-state index contributed by atoms with van der Waals surface area (Å²) in [6, 6.07) is 0.624. The molecule has 2 aliphatic heterocycles. The summed E-state index contributed by atoms with van der Waals surface area (Å²) >= 11 is 0. The Morgan fingerprint density at radius 3 is 2.65 bits per heavy atom. The Bertz CT molecular complexity index is 433. The molecule has 4 fully saturated rings. The van der Waals surface area contributed by atoms with Gasteiger partial charge in [-0.1, -0.05) is 37.8 Å². The number of nitrogens with zero attached hydrogens (tertiary/aromatic N) is 1. The Kier molecular flexibility index (Phi) is 4.80. The maximum Gasteiger partial charge on any atom is 0.157 e. The minimum absolute atomic E-state index is 0.382. The second kappa shape index (κ2) is 6.85. The number of likely N-dealkylation sites (tertiary alicyclic amines) is 1. The highest BCUT2D eigenvalue weighted by atomic mass is 16.6. The molecule has 2 heterocycles. The van der Waals surface area contributed by atoms with E-state index in [1.54, 1.807) is 0 Å². The van der Waals surface area contributed by atoms with Gasteiger partial charge in [-0.2, -0.15) is 0 Å². The van der Waals surface area contributed by atoms with Crippen LogP contribution < -0.4 is 0 Å². The standard InChI is InChI=1S/C20H33NO2/c1-21-11-5-4-7-15(21)9-10-17-16-8-3-2-6-14(16)12-18-19(17)13-23-20(18)22/h9-10,14-20,22H,2-8,11-13H2,1H3. The van der Waals surface area contributed by atoms with Crippen molar-refractivity contribution in [2.75, 3.05) is 20.2 Å². The van der Waals surface area contributed by atoms with E-state index in [4.69, 9.17) is 4.74 Å². The molecule has 0 bridgehead atoms. The average molecular weight is 319 g/mol. The molecule has 23 heavy (non-hydrogen) atoms. The Balaban J connectivity index is 1.53. The first-order valence-electron chi connectivity index (χ1n) is 9.92. The van der Waals surface area contributed by atoms with Crippen molar-refractivity contribution < 1.29 is 9.84 Å². The number of likely N-dealkylation sites (N-methyl/N-ethyl adjacent to an activating group) is 1. The maximum atomic E-state index is 10.2. The quantitative estimate of drug-likeness (QED) is 0.792. The number of allylic oxidation sites excluding steroid dienone is 1. The van der Waals surface area contributed by atoms with Crippen LogP contribution in [0.4, 0.5) is 0 Å². The third-order valence-corrected chi connectivity index (χ3v) is 7.29. The molecule has 3 nitrogen and oxygen atoms in total. The number of rotatable bonds is 2. The molecule has 0 aromatic carbocycles. The topological polar surface area (TPSA) is 32.7 Å². The van der Waals surface area contributed by atoms with Crippen LogP contribution in [0, 0.1) is 29.6 Å². The Morgan fingerprint density at radius 2 is 1.78 bits per heavy atom. The number of ether oxygens (including phenoxy) is 1. The Labute approximate surface area is 141 Å². The van der Waals surface area contributed by atoms with Gasteiger partial charge in [-0.15, -0.1) is 0 Å². The van der Waals surface area contributed by atoms with Gasteiger partial charge in [-0.05, 0) is 62.9 Å². The zero-order chi connectivity index (χ0) is 15.8. The summed E-state index contributed by atoms with van der Waals surface area (Å²) in [7, 11) is 2.27. The van der Waals surface area contributed by atoms with Crippen LogP contribution in [-0.2, 0) is 4.74 Å². The lowest BCUT2D eigenvalue weighted by molar-refractivity contribution is -0.0923. The zero-order valence-electron chi connectivity index (χ0n) is 14.6. The van der Waals surface area contributed by atoms with E-state index in [0.717, 1.165) is 18.4 Å². The highest BCUT2D eigenvalue weighted by molar-refractivity contribution is 5.07. The van der Waals surface area contributed by atoms with Gasteiger partial charge in [0.05, 0.1) is 6.61 Å². The van der Waals surface area contributed by atoms with Gasteiger partial charge >= 0.3 is 0 Å². The van der Waals surface area contributed by atoms with Crippen LogP contribution in [0.1, 0.15) is 51.4 Å². The third-order valence-electron chi connectivity index (χ3n) is 7.29. The van der Waals surface area contributed by atoms with Gasteiger partial charge in [-0.3, -0.25) is 4.90 Å². The lowest BCUT2D eigenvalue weighted by atomic mass is 9.58. The molecule has 0 spiro atoms. The first-order valence-corrected chi connectivity index (χ1v) is 9.92. The summed E-state index contributed by atoms with van der Waals surface area (Å²) in [4.78, 5) is 2.51. The lowest BCUT2D eigenvalue weighted by Gasteiger charge is -2.46. The minimum atomic E-state index is -0.504. The van der Waals surface area contributed by atoms with Crippen molar-refractivity contribution in [2.45, 2.75) is 63.7 Å². The van der Waals surface area contributed by atoms with Crippen molar-refractivity contribution in [1.82, 2.24) is 4.90 Å². The fraction of sp³-hybridized carbons (Fsp3) is 0.900. The molecule has 130 valence electrons. The molecule has 3 heteroatoms. The highest BCUT2D eigenvalue weighted by Gasteiger charge is 2.49. The van der Waals surface area contributed by atoms with Crippen molar-refractivity contribution in [1.29, 1.82) is 0 Å². The van der Waals surface area contributed by atoms with Gasteiger partial charge in [0, 0.05) is 12.0 Å². The summed E-state index contributed by atoms with van der Waals surface area (Å²) in [5.41, 5.74) is 0. The van der Waals surface area contributed by atoms with Crippen LogP contribution in [0.25, 0.3) is 0 Å². The summed E-state index contributed by atoms with van der Waals surface area (Å²) in [5, 5.41) is 10.2. The molecular weight excluding hydrogens is 286 g/mol. The second-order valence-corrected chi connectivity index (χ2v) is 8.50. The van der Waals surface area contributed by atoms with Crippen LogP contribution in [0.2, 0.25) is 0 Å². The molecule has 4 aliphatic rings.